The first-order valence-corrected chi connectivity index (χ1v) is 8.81. The fourth-order valence-electron chi connectivity index (χ4n) is 3.24. The number of hydrogen-bond acceptors (Lipinski definition) is 4. The average molecular weight is 377 g/mol. The van der Waals surface area contributed by atoms with Gasteiger partial charge in [-0.3, -0.25) is 14.7 Å². The van der Waals surface area contributed by atoms with E-state index < -0.39 is 0 Å². The summed E-state index contributed by atoms with van der Waals surface area (Å²) >= 11 is 5.88. The van der Waals surface area contributed by atoms with Crippen molar-refractivity contribution in [3.8, 4) is 5.75 Å². The third-order valence-corrected chi connectivity index (χ3v) is 5.00. The van der Waals surface area contributed by atoms with Gasteiger partial charge in [-0.25, -0.2) is 0 Å². The Morgan fingerprint density at radius 1 is 1.23 bits per heavy atom. The fraction of sp³-hybridized carbons (Fsp3) is 0.389. The number of rotatable bonds is 6. The molecule has 1 fully saturated rings. The van der Waals surface area contributed by atoms with E-state index in [1.807, 2.05) is 0 Å². The molecular weight excluding hydrogens is 356 g/mol. The van der Waals surface area contributed by atoms with Crippen LogP contribution in [0.5, 0.6) is 5.75 Å². The molecule has 0 spiro atoms. The number of carbonyl (C=O) groups is 2. The molecule has 1 aromatic heterocycles. The van der Waals surface area contributed by atoms with Crippen molar-refractivity contribution in [1.82, 2.24) is 15.1 Å². The number of primary amides is 1. The molecule has 7 nitrogen and oxygen atoms in total. The van der Waals surface area contributed by atoms with Gasteiger partial charge in [0, 0.05) is 36.1 Å². The Labute approximate surface area is 156 Å². The van der Waals surface area contributed by atoms with Crippen molar-refractivity contribution in [2.75, 3.05) is 19.7 Å². The summed E-state index contributed by atoms with van der Waals surface area (Å²) in [6.45, 7) is 1.44. The SMILES string of the molecule is NC(=O)CC1(COc2ccc(Cl)cc2)CCN(C(=O)c2ccn[nH]2)CC1. The summed E-state index contributed by atoms with van der Waals surface area (Å²) < 4.78 is 5.89. The quantitative estimate of drug-likeness (QED) is 0.807. The highest BCUT2D eigenvalue weighted by Crippen LogP contribution is 2.36. The zero-order valence-corrected chi connectivity index (χ0v) is 15.0. The van der Waals surface area contributed by atoms with Gasteiger partial charge in [0.05, 0.1) is 6.61 Å². The van der Waals surface area contributed by atoms with Crippen LogP contribution in [-0.4, -0.2) is 46.6 Å². The Balaban J connectivity index is 1.64. The van der Waals surface area contributed by atoms with Crippen LogP contribution < -0.4 is 10.5 Å². The fourth-order valence-corrected chi connectivity index (χ4v) is 3.36. The van der Waals surface area contributed by atoms with Crippen LogP contribution in [0.25, 0.3) is 0 Å². The van der Waals surface area contributed by atoms with Gasteiger partial charge in [0.25, 0.3) is 5.91 Å². The molecule has 0 atom stereocenters. The van der Waals surface area contributed by atoms with Crippen molar-refractivity contribution in [1.29, 1.82) is 0 Å². The molecular formula is C18H21ClN4O3. The normalized spacial score (nSPS) is 16.3. The van der Waals surface area contributed by atoms with E-state index in [0.29, 0.717) is 49.0 Å². The number of aromatic nitrogens is 2. The Kier molecular flexibility index (Phi) is 5.46. The van der Waals surface area contributed by atoms with Crippen LogP contribution in [-0.2, 0) is 4.79 Å². The first kappa shape index (κ1) is 18.3. The minimum atomic E-state index is -0.379. The number of nitrogens with one attached hydrogen (secondary N) is 1. The summed E-state index contributed by atoms with van der Waals surface area (Å²) in [5.41, 5.74) is 5.55. The van der Waals surface area contributed by atoms with Crippen LogP contribution in [0.15, 0.2) is 36.5 Å². The van der Waals surface area contributed by atoms with Crippen LogP contribution >= 0.6 is 11.6 Å². The number of aromatic amines is 1. The number of amides is 2. The number of halogens is 1. The van der Waals surface area contributed by atoms with E-state index in [4.69, 9.17) is 22.1 Å². The first-order valence-electron chi connectivity index (χ1n) is 8.43. The Hall–Kier alpha value is -2.54. The number of likely N-dealkylation sites (tertiary alicyclic amines) is 1. The number of piperidine rings is 1. The van der Waals surface area contributed by atoms with Gasteiger partial charge < -0.3 is 15.4 Å². The molecule has 0 aliphatic carbocycles. The summed E-state index contributed by atoms with van der Waals surface area (Å²) in [5, 5.41) is 7.13. The number of nitrogens with two attached hydrogens (primary N) is 1. The largest absolute Gasteiger partial charge is 0.493 e. The highest BCUT2D eigenvalue weighted by atomic mass is 35.5. The van der Waals surface area contributed by atoms with Gasteiger partial charge in [-0.1, -0.05) is 11.6 Å². The van der Waals surface area contributed by atoms with E-state index >= 15 is 0 Å². The van der Waals surface area contributed by atoms with Crippen molar-refractivity contribution >= 4 is 23.4 Å². The van der Waals surface area contributed by atoms with E-state index in [9.17, 15) is 9.59 Å². The third kappa shape index (κ3) is 4.35. The summed E-state index contributed by atoms with van der Waals surface area (Å²) in [5.74, 6) is 0.237. The lowest BCUT2D eigenvalue weighted by Gasteiger charge is -2.40. The molecule has 0 saturated carbocycles. The second-order valence-electron chi connectivity index (χ2n) is 6.65. The minimum Gasteiger partial charge on any atom is -0.493 e. The van der Waals surface area contributed by atoms with Crippen LogP contribution in [0, 0.1) is 5.41 Å². The molecule has 8 heteroatoms. The van der Waals surface area contributed by atoms with Crippen molar-refractivity contribution in [3.63, 3.8) is 0 Å². The molecule has 2 aromatic rings. The van der Waals surface area contributed by atoms with Crippen molar-refractivity contribution < 1.29 is 14.3 Å². The maximum Gasteiger partial charge on any atom is 0.271 e. The number of ether oxygens (including phenoxy) is 1. The van der Waals surface area contributed by atoms with E-state index in [2.05, 4.69) is 10.2 Å². The van der Waals surface area contributed by atoms with Crippen LogP contribution in [0.1, 0.15) is 29.8 Å². The van der Waals surface area contributed by atoms with E-state index in [0.717, 1.165) is 0 Å². The molecule has 3 N–H and O–H groups in total. The summed E-state index contributed by atoms with van der Waals surface area (Å²) in [4.78, 5) is 25.8. The van der Waals surface area contributed by atoms with Crippen LogP contribution in [0.2, 0.25) is 5.02 Å². The number of hydrogen-bond donors (Lipinski definition) is 2. The molecule has 2 heterocycles. The minimum absolute atomic E-state index is 0.0891. The molecule has 26 heavy (non-hydrogen) atoms. The molecule has 1 aliphatic heterocycles. The highest BCUT2D eigenvalue weighted by Gasteiger charge is 2.38. The molecule has 0 bridgehead atoms. The van der Waals surface area contributed by atoms with E-state index in [-0.39, 0.29) is 23.7 Å². The number of carbonyl (C=O) groups excluding carboxylic acids is 2. The Bertz CT molecular complexity index is 753. The maximum absolute atomic E-state index is 12.4. The Morgan fingerprint density at radius 2 is 1.92 bits per heavy atom. The van der Waals surface area contributed by atoms with Gasteiger partial charge in [0.1, 0.15) is 11.4 Å². The molecule has 0 radical (unpaired) electrons. The maximum atomic E-state index is 12.4. The summed E-state index contributed by atoms with van der Waals surface area (Å²) in [6.07, 6.45) is 3.06. The summed E-state index contributed by atoms with van der Waals surface area (Å²) in [7, 11) is 0. The lowest BCUT2D eigenvalue weighted by molar-refractivity contribution is -0.121. The molecule has 2 amide bonds. The second-order valence-corrected chi connectivity index (χ2v) is 7.08. The van der Waals surface area contributed by atoms with Crippen molar-refractivity contribution in [3.05, 3.63) is 47.2 Å². The van der Waals surface area contributed by atoms with Gasteiger partial charge in [-0.15, -0.1) is 0 Å². The van der Waals surface area contributed by atoms with Gasteiger partial charge in [0.2, 0.25) is 5.91 Å². The van der Waals surface area contributed by atoms with E-state index in [1.54, 1.807) is 41.4 Å². The van der Waals surface area contributed by atoms with Gasteiger partial charge in [-0.2, -0.15) is 5.10 Å². The molecule has 3 rings (SSSR count). The molecule has 1 aliphatic rings. The molecule has 0 unspecified atom stereocenters. The third-order valence-electron chi connectivity index (χ3n) is 4.75. The zero-order chi connectivity index (χ0) is 18.6. The second kappa shape index (κ2) is 7.78. The lowest BCUT2D eigenvalue weighted by atomic mass is 9.76. The summed E-state index contributed by atoms with van der Waals surface area (Å²) in [6, 6.07) is 8.73. The van der Waals surface area contributed by atoms with Crippen molar-refractivity contribution in [2.24, 2.45) is 11.1 Å². The predicted octanol–water partition coefficient (Wildman–Crippen LogP) is 2.24. The smallest absolute Gasteiger partial charge is 0.271 e. The number of benzene rings is 1. The van der Waals surface area contributed by atoms with Crippen LogP contribution in [0.4, 0.5) is 0 Å². The molecule has 1 saturated heterocycles. The monoisotopic (exact) mass is 376 g/mol. The molecule has 1 aromatic carbocycles. The first-order chi connectivity index (χ1) is 12.5. The standard InChI is InChI=1S/C18H21ClN4O3/c19-13-1-3-14(4-2-13)26-12-18(11-16(20)24)6-9-23(10-7-18)17(25)15-5-8-21-22-15/h1-5,8H,6-7,9-12H2,(H2,20,24)(H,21,22). The van der Waals surface area contributed by atoms with Crippen LogP contribution in [0.3, 0.4) is 0 Å². The zero-order valence-electron chi connectivity index (χ0n) is 14.3. The average Bonchev–Trinajstić information content (AvgIpc) is 3.15. The van der Waals surface area contributed by atoms with Gasteiger partial charge in [-0.05, 0) is 43.2 Å². The number of H-pyrrole nitrogens is 1. The van der Waals surface area contributed by atoms with Gasteiger partial charge in [0.15, 0.2) is 0 Å². The highest BCUT2D eigenvalue weighted by molar-refractivity contribution is 6.30. The van der Waals surface area contributed by atoms with Gasteiger partial charge >= 0.3 is 0 Å². The van der Waals surface area contributed by atoms with Crippen molar-refractivity contribution in [2.45, 2.75) is 19.3 Å². The topological polar surface area (TPSA) is 101 Å². The lowest BCUT2D eigenvalue weighted by Crippen LogP contribution is -2.47. The van der Waals surface area contributed by atoms with E-state index in [1.165, 1.54) is 0 Å². The predicted molar refractivity (Wildman–Crippen MR) is 96.9 cm³/mol. The number of nitrogens with zero attached hydrogens (tertiary/aromatic N) is 2. The Morgan fingerprint density at radius 3 is 2.50 bits per heavy atom. The molecule has 138 valence electrons.